The fraction of sp³-hybridized carbons (Fsp3) is 0.357. The quantitative estimate of drug-likeness (QED) is 0.656. The molecular formula is C14H16F3N5OS. The molecule has 2 N–H and O–H groups in total. The number of hydrogen-bond acceptors (Lipinski definition) is 5. The smallest absolute Gasteiger partial charge is 0.335 e. The highest BCUT2D eigenvalue weighted by atomic mass is 32.2. The second-order valence-corrected chi connectivity index (χ2v) is 6.10. The lowest BCUT2D eigenvalue weighted by Gasteiger charge is -2.26. The van der Waals surface area contributed by atoms with E-state index in [1.54, 1.807) is 29.2 Å². The van der Waals surface area contributed by atoms with Crippen LogP contribution in [0.1, 0.15) is 19.7 Å². The Kier molecular flexibility index (Phi) is 5.37. The summed E-state index contributed by atoms with van der Waals surface area (Å²) < 4.78 is 38.2. The number of alkyl halides is 3. The second-order valence-electron chi connectivity index (χ2n) is 5.16. The molecule has 1 heterocycles. The van der Waals surface area contributed by atoms with Gasteiger partial charge in [0.15, 0.2) is 0 Å². The Morgan fingerprint density at radius 1 is 1.29 bits per heavy atom. The van der Waals surface area contributed by atoms with Gasteiger partial charge in [0.25, 0.3) is 5.82 Å². The third kappa shape index (κ3) is 3.99. The summed E-state index contributed by atoms with van der Waals surface area (Å²) in [4.78, 5) is 14.0. The highest BCUT2D eigenvalue weighted by Crippen LogP contribution is 2.29. The van der Waals surface area contributed by atoms with Crippen LogP contribution in [-0.2, 0) is 11.0 Å². The Labute approximate surface area is 140 Å². The largest absolute Gasteiger partial charge is 0.453 e. The number of anilines is 1. The van der Waals surface area contributed by atoms with Crippen molar-refractivity contribution in [3.05, 3.63) is 36.2 Å². The second kappa shape index (κ2) is 7.12. The molecular weight excluding hydrogens is 343 g/mol. The number of aromatic nitrogens is 3. The maximum atomic E-state index is 12.6. The summed E-state index contributed by atoms with van der Waals surface area (Å²) in [6.45, 7) is 3.70. The van der Waals surface area contributed by atoms with Crippen LogP contribution >= 0.6 is 11.8 Å². The summed E-state index contributed by atoms with van der Waals surface area (Å²) in [5.41, 5.74) is 0.711. The van der Waals surface area contributed by atoms with E-state index in [0.717, 1.165) is 11.8 Å². The van der Waals surface area contributed by atoms with E-state index >= 15 is 0 Å². The van der Waals surface area contributed by atoms with Gasteiger partial charge in [-0.25, -0.2) is 4.68 Å². The van der Waals surface area contributed by atoms with Crippen molar-refractivity contribution in [2.45, 2.75) is 31.2 Å². The zero-order valence-corrected chi connectivity index (χ0v) is 13.8. The Hall–Kier alpha value is -2.23. The lowest BCUT2D eigenvalue weighted by molar-refractivity contribution is -0.146. The van der Waals surface area contributed by atoms with Gasteiger partial charge in [0.2, 0.25) is 11.1 Å². The molecule has 2 aromatic rings. The molecule has 0 saturated heterocycles. The molecule has 10 heteroatoms. The van der Waals surface area contributed by atoms with Crippen LogP contribution in [-0.4, -0.2) is 32.6 Å². The predicted octanol–water partition coefficient (Wildman–Crippen LogP) is 2.54. The van der Waals surface area contributed by atoms with Crippen molar-refractivity contribution in [3.63, 3.8) is 0 Å². The number of nitrogen functional groups attached to an aromatic ring is 1. The van der Waals surface area contributed by atoms with Crippen molar-refractivity contribution in [2.75, 3.05) is 16.5 Å². The average Bonchev–Trinajstić information content (AvgIpc) is 2.87. The molecule has 0 aliphatic carbocycles. The van der Waals surface area contributed by atoms with Crippen LogP contribution in [0.15, 0.2) is 35.5 Å². The lowest BCUT2D eigenvalue weighted by atomic mass is 10.2. The first-order valence-electron chi connectivity index (χ1n) is 6.99. The first-order chi connectivity index (χ1) is 11.2. The average molecular weight is 359 g/mol. The summed E-state index contributed by atoms with van der Waals surface area (Å²) in [6.07, 6.45) is -4.70. The van der Waals surface area contributed by atoms with Gasteiger partial charge in [-0.2, -0.15) is 13.2 Å². The van der Waals surface area contributed by atoms with Crippen molar-refractivity contribution in [3.8, 4) is 0 Å². The molecule has 0 spiro atoms. The van der Waals surface area contributed by atoms with Gasteiger partial charge in [-0.05, 0) is 26.0 Å². The number of nitrogens with two attached hydrogens (primary N) is 1. The Morgan fingerprint density at radius 2 is 1.92 bits per heavy atom. The van der Waals surface area contributed by atoms with Crippen LogP contribution in [0.2, 0.25) is 0 Å². The molecule has 0 saturated carbocycles. The van der Waals surface area contributed by atoms with E-state index in [0.29, 0.717) is 10.4 Å². The predicted molar refractivity (Wildman–Crippen MR) is 85.0 cm³/mol. The minimum absolute atomic E-state index is 0.109. The van der Waals surface area contributed by atoms with E-state index in [1.165, 1.54) is 0 Å². The van der Waals surface area contributed by atoms with Gasteiger partial charge in [0.1, 0.15) is 0 Å². The van der Waals surface area contributed by atoms with Crippen LogP contribution in [0.5, 0.6) is 0 Å². The highest BCUT2D eigenvalue weighted by molar-refractivity contribution is 7.99. The molecule has 0 radical (unpaired) electrons. The normalized spacial score (nSPS) is 11.8. The summed E-state index contributed by atoms with van der Waals surface area (Å²) in [6, 6.07) is 8.90. The van der Waals surface area contributed by atoms with E-state index in [2.05, 4.69) is 10.2 Å². The standard InChI is InChI=1S/C14H16F3N5OS/c1-9(2)21(10-6-4-3-5-7-10)11(23)8-24-13-20-19-12(22(13)18)14(15,16)17/h3-7,9H,8,18H2,1-2H3. The number of hydrogen-bond donors (Lipinski definition) is 1. The zero-order chi connectivity index (χ0) is 17.9. The first-order valence-corrected chi connectivity index (χ1v) is 7.98. The molecule has 0 bridgehead atoms. The summed E-state index contributed by atoms with van der Waals surface area (Å²) in [5.74, 6) is 3.67. The lowest BCUT2D eigenvalue weighted by Crippen LogP contribution is -2.38. The Morgan fingerprint density at radius 3 is 2.42 bits per heavy atom. The van der Waals surface area contributed by atoms with Gasteiger partial charge >= 0.3 is 6.18 Å². The van der Waals surface area contributed by atoms with Crippen LogP contribution in [0.4, 0.5) is 18.9 Å². The van der Waals surface area contributed by atoms with E-state index in [1.807, 2.05) is 19.9 Å². The number of nitrogens with zero attached hydrogens (tertiary/aromatic N) is 4. The van der Waals surface area contributed by atoms with E-state index in [9.17, 15) is 18.0 Å². The van der Waals surface area contributed by atoms with E-state index in [-0.39, 0.29) is 22.9 Å². The van der Waals surface area contributed by atoms with Crippen molar-refractivity contribution in [1.29, 1.82) is 0 Å². The van der Waals surface area contributed by atoms with Crippen LogP contribution in [0, 0.1) is 0 Å². The molecule has 24 heavy (non-hydrogen) atoms. The number of para-hydroxylation sites is 1. The molecule has 1 aromatic carbocycles. The van der Waals surface area contributed by atoms with Crippen molar-refractivity contribution >= 4 is 23.4 Å². The van der Waals surface area contributed by atoms with Gasteiger partial charge < -0.3 is 10.7 Å². The maximum Gasteiger partial charge on any atom is 0.453 e. The van der Waals surface area contributed by atoms with Gasteiger partial charge in [0.05, 0.1) is 5.75 Å². The monoisotopic (exact) mass is 359 g/mol. The molecule has 1 aromatic heterocycles. The maximum absolute atomic E-state index is 12.6. The highest BCUT2D eigenvalue weighted by Gasteiger charge is 2.38. The molecule has 0 fully saturated rings. The van der Waals surface area contributed by atoms with Gasteiger partial charge in [-0.1, -0.05) is 30.0 Å². The molecule has 2 rings (SSSR count). The molecule has 130 valence electrons. The molecule has 0 aliphatic heterocycles. The number of carbonyl (C=O) groups excluding carboxylic acids is 1. The minimum Gasteiger partial charge on any atom is -0.335 e. The molecule has 0 unspecified atom stereocenters. The van der Waals surface area contributed by atoms with E-state index in [4.69, 9.17) is 5.84 Å². The minimum atomic E-state index is -4.70. The number of halogens is 3. The third-order valence-electron chi connectivity index (χ3n) is 3.06. The molecule has 1 amide bonds. The summed E-state index contributed by atoms with van der Waals surface area (Å²) >= 11 is 0.806. The summed E-state index contributed by atoms with van der Waals surface area (Å²) in [7, 11) is 0. The third-order valence-corrected chi connectivity index (χ3v) is 3.99. The topological polar surface area (TPSA) is 77.0 Å². The molecule has 6 nitrogen and oxygen atoms in total. The fourth-order valence-electron chi connectivity index (χ4n) is 2.08. The number of amides is 1. The molecule has 0 aliphatic rings. The Balaban J connectivity index is 2.11. The van der Waals surface area contributed by atoms with Gasteiger partial charge in [0, 0.05) is 11.7 Å². The number of thioether (sulfide) groups is 1. The fourth-order valence-corrected chi connectivity index (χ4v) is 2.80. The number of carbonyl (C=O) groups is 1. The number of benzene rings is 1. The van der Waals surface area contributed by atoms with Crippen LogP contribution in [0.25, 0.3) is 0 Å². The van der Waals surface area contributed by atoms with Crippen LogP contribution in [0.3, 0.4) is 0 Å². The van der Waals surface area contributed by atoms with E-state index < -0.39 is 12.0 Å². The van der Waals surface area contributed by atoms with Crippen molar-refractivity contribution in [1.82, 2.24) is 14.9 Å². The number of rotatable bonds is 5. The van der Waals surface area contributed by atoms with Crippen LogP contribution < -0.4 is 10.7 Å². The zero-order valence-electron chi connectivity index (χ0n) is 13.0. The van der Waals surface area contributed by atoms with Gasteiger partial charge in [-0.15, -0.1) is 10.2 Å². The SMILES string of the molecule is CC(C)N(C(=O)CSc1nnc(C(F)(F)F)n1N)c1ccccc1. The Bertz CT molecular complexity index is 702. The molecule has 0 atom stereocenters. The van der Waals surface area contributed by atoms with Gasteiger partial charge in [-0.3, -0.25) is 4.79 Å². The first kappa shape index (κ1) is 18.1. The van der Waals surface area contributed by atoms with Crippen molar-refractivity contribution in [2.24, 2.45) is 0 Å². The summed E-state index contributed by atoms with van der Waals surface area (Å²) in [5, 5.41) is 6.24. The van der Waals surface area contributed by atoms with Crippen molar-refractivity contribution < 1.29 is 18.0 Å².